The quantitative estimate of drug-likeness (QED) is 0.878. The minimum atomic E-state index is 0.768. The summed E-state index contributed by atoms with van der Waals surface area (Å²) in [6, 6.07) is 3.90. The van der Waals surface area contributed by atoms with Gasteiger partial charge in [0.1, 0.15) is 11.3 Å². The summed E-state index contributed by atoms with van der Waals surface area (Å²) in [6.07, 6.45) is 0. The first-order valence-corrected chi connectivity index (χ1v) is 5.90. The normalized spacial score (nSPS) is 11.2. The van der Waals surface area contributed by atoms with Gasteiger partial charge in [0.2, 0.25) is 0 Å². The van der Waals surface area contributed by atoms with Crippen LogP contribution in [0.4, 0.5) is 0 Å². The molecule has 16 heavy (non-hydrogen) atoms. The summed E-state index contributed by atoms with van der Waals surface area (Å²) in [7, 11) is 0. The lowest BCUT2D eigenvalue weighted by Crippen LogP contribution is -2.11. The molecule has 0 aliphatic rings. The zero-order chi connectivity index (χ0) is 11.7. The molecule has 1 N–H and O–H groups in total. The van der Waals surface area contributed by atoms with Gasteiger partial charge in [0.25, 0.3) is 0 Å². The molecule has 0 fully saturated rings. The molecule has 2 rings (SSSR count). The minimum absolute atomic E-state index is 0.768. The molecule has 3 heteroatoms. The van der Waals surface area contributed by atoms with Gasteiger partial charge in [-0.15, -0.1) is 0 Å². The van der Waals surface area contributed by atoms with E-state index >= 15 is 0 Å². The number of rotatable bonds is 3. The van der Waals surface area contributed by atoms with E-state index in [9.17, 15) is 0 Å². The topological polar surface area (TPSA) is 25.2 Å². The smallest absolute Gasteiger partial charge is 0.137 e. The second-order valence-electron chi connectivity index (χ2n) is 4.03. The van der Waals surface area contributed by atoms with E-state index in [-0.39, 0.29) is 0 Å². The van der Waals surface area contributed by atoms with Crippen molar-refractivity contribution >= 4 is 22.6 Å². The van der Waals surface area contributed by atoms with E-state index in [1.165, 1.54) is 5.56 Å². The standard InChI is InChI=1S/C13H16ClNO/c1-4-15-7-12-9(3)11-6-10(14)5-8(2)13(11)16-12/h5-6,15H,4,7H2,1-3H3. The highest BCUT2D eigenvalue weighted by Gasteiger charge is 2.12. The number of halogens is 1. The van der Waals surface area contributed by atoms with Crippen LogP contribution >= 0.6 is 11.6 Å². The first-order valence-electron chi connectivity index (χ1n) is 5.52. The first kappa shape index (κ1) is 11.5. The number of aryl methyl sites for hydroxylation is 2. The molecule has 0 unspecified atom stereocenters. The highest BCUT2D eigenvalue weighted by Crippen LogP contribution is 2.30. The highest BCUT2D eigenvalue weighted by atomic mass is 35.5. The number of fused-ring (bicyclic) bond motifs is 1. The van der Waals surface area contributed by atoms with E-state index in [0.29, 0.717) is 0 Å². The van der Waals surface area contributed by atoms with Gasteiger partial charge in [0.15, 0.2) is 0 Å². The van der Waals surface area contributed by atoms with E-state index in [0.717, 1.165) is 40.4 Å². The molecule has 0 bridgehead atoms. The molecule has 86 valence electrons. The lowest BCUT2D eigenvalue weighted by atomic mass is 10.1. The summed E-state index contributed by atoms with van der Waals surface area (Å²) < 4.78 is 5.87. The van der Waals surface area contributed by atoms with Gasteiger partial charge in [-0.1, -0.05) is 18.5 Å². The van der Waals surface area contributed by atoms with Gasteiger partial charge in [-0.2, -0.15) is 0 Å². The Kier molecular flexibility index (Phi) is 3.22. The van der Waals surface area contributed by atoms with Crippen molar-refractivity contribution in [3.63, 3.8) is 0 Å². The summed E-state index contributed by atoms with van der Waals surface area (Å²) in [5, 5.41) is 5.16. The van der Waals surface area contributed by atoms with Crippen molar-refractivity contribution in [2.24, 2.45) is 0 Å². The second kappa shape index (κ2) is 4.48. The van der Waals surface area contributed by atoms with E-state index < -0.39 is 0 Å². The summed E-state index contributed by atoms with van der Waals surface area (Å²) in [5.41, 5.74) is 3.23. The molecule has 2 nitrogen and oxygen atoms in total. The average molecular weight is 238 g/mol. The predicted molar refractivity (Wildman–Crippen MR) is 68.1 cm³/mol. The fraction of sp³-hybridized carbons (Fsp3) is 0.385. The minimum Gasteiger partial charge on any atom is -0.459 e. The summed E-state index contributed by atoms with van der Waals surface area (Å²) >= 11 is 6.05. The van der Waals surface area contributed by atoms with E-state index in [1.54, 1.807) is 0 Å². The van der Waals surface area contributed by atoms with Crippen molar-refractivity contribution in [2.45, 2.75) is 27.3 Å². The molecular weight excluding hydrogens is 222 g/mol. The van der Waals surface area contributed by atoms with Crippen LogP contribution in [0, 0.1) is 13.8 Å². The molecule has 0 saturated carbocycles. The summed E-state index contributed by atoms with van der Waals surface area (Å²) in [6.45, 7) is 7.90. The van der Waals surface area contributed by atoms with Gasteiger partial charge in [0.05, 0.1) is 6.54 Å². The van der Waals surface area contributed by atoms with Gasteiger partial charge in [-0.05, 0) is 43.7 Å². The number of hydrogen-bond acceptors (Lipinski definition) is 2. The maximum Gasteiger partial charge on any atom is 0.137 e. The molecule has 0 aliphatic heterocycles. The van der Waals surface area contributed by atoms with Crippen LogP contribution in [0.2, 0.25) is 5.02 Å². The molecule has 1 aromatic heterocycles. The van der Waals surface area contributed by atoms with E-state index in [4.69, 9.17) is 16.0 Å². The van der Waals surface area contributed by atoms with Crippen molar-refractivity contribution in [2.75, 3.05) is 6.54 Å². The number of benzene rings is 1. The Morgan fingerprint density at radius 3 is 2.75 bits per heavy atom. The SMILES string of the molecule is CCNCc1oc2c(C)cc(Cl)cc2c1C. The van der Waals surface area contributed by atoms with Crippen LogP contribution in [-0.4, -0.2) is 6.54 Å². The van der Waals surface area contributed by atoms with Gasteiger partial charge in [-0.25, -0.2) is 0 Å². The molecular formula is C13H16ClNO. The number of furan rings is 1. The van der Waals surface area contributed by atoms with Gasteiger partial charge < -0.3 is 9.73 Å². The van der Waals surface area contributed by atoms with Crippen molar-refractivity contribution < 1.29 is 4.42 Å². The third-order valence-electron chi connectivity index (χ3n) is 2.82. The van der Waals surface area contributed by atoms with E-state index in [1.807, 2.05) is 19.1 Å². The highest BCUT2D eigenvalue weighted by molar-refractivity contribution is 6.31. The van der Waals surface area contributed by atoms with Crippen LogP contribution in [0.3, 0.4) is 0 Å². The van der Waals surface area contributed by atoms with Crippen molar-refractivity contribution in [1.29, 1.82) is 0 Å². The maximum atomic E-state index is 6.05. The molecule has 2 aromatic rings. The summed E-state index contributed by atoms with van der Waals surface area (Å²) in [4.78, 5) is 0. The monoisotopic (exact) mass is 237 g/mol. The van der Waals surface area contributed by atoms with Crippen molar-refractivity contribution in [3.05, 3.63) is 34.0 Å². The Morgan fingerprint density at radius 2 is 2.06 bits per heavy atom. The average Bonchev–Trinajstić information content (AvgIpc) is 2.54. The second-order valence-corrected chi connectivity index (χ2v) is 4.47. The van der Waals surface area contributed by atoms with Crippen LogP contribution in [0.1, 0.15) is 23.8 Å². The number of hydrogen-bond donors (Lipinski definition) is 1. The zero-order valence-corrected chi connectivity index (χ0v) is 10.6. The van der Waals surface area contributed by atoms with Crippen LogP contribution in [0.25, 0.3) is 11.0 Å². The van der Waals surface area contributed by atoms with Gasteiger partial charge in [-0.3, -0.25) is 0 Å². The molecule has 0 saturated heterocycles. The molecule has 0 spiro atoms. The predicted octanol–water partition coefficient (Wildman–Crippen LogP) is 3.81. The molecule has 0 amide bonds. The first-order chi connectivity index (χ1) is 7.63. The molecule has 0 radical (unpaired) electrons. The maximum absolute atomic E-state index is 6.05. The largest absolute Gasteiger partial charge is 0.459 e. The zero-order valence-electron chi connectivity index (χ0n) is 9.86. The molecule has 0 atom stereocenters. The van der Waals surface area contributed by atoms with Crippen LogP contribution in [0.5, 0.6) is 0 Å². The number of nitrogens with one attached hydrogen (secondary N) is 1. The van der Waals surface area contributed by atoms with E-state index in [2.05, 4.69) is 19.2 Å². The van der Waals surface area contributed by atoms with Crippen molar-refractivity contribution in [3.8, 4) is 0 Å². The van der Waals surface area contributed by atoms with Crippen molar-refractivity contribution in [1.82, 2.24) is 5.32 Å². The Morgan fingerprint density at radius 1 is 1.31 bits per heavy atom. The fourth-order valence-corrected chi connectivity index (χ4v) is 2.17. The van der Waals surface area contributed by atoms with Gasteiger partial charge in [0, 0.05) is 10.4 Å². The molecule has 1 heterocycles. The van der Waals surface area contributed by atoms with Crippen LogP contribution < -0.4 is 5.32 Å². The Hall–Kier alpha value is -0.990. The summed E-state index contributed by atoms with van der Waals surface area (Å²) in [5.74, 6) is 1.00. The van der Waals surface area contributed by atoms with Crippen LogP contribution in [-0.2, 0) is 6.54 Å². The Balaban J connectivity index is 2.54. The lowest BCUT2D eigenvalue weighted by molar-refractivity contribution is 0.515. The third-order valence-corrected chi connectivity index (χ3v) is 3.04. The van der Waals surface area contributed by atoms with Crippen LogP contribution in [0.15, 0.2) is 16.5 Å². The van der Waals surface area contributed by atoms with Gasteiger partial charge >= 0.3 is 0 Å². The molecule has 1 aromatic carbocycles. The Bertz CT molecular complexity index is 516. The third kappa shape index (κ3) is 1.95. The Labute approximate surface area is 101 Å². The fourth-order valence-electron chi connectivity index (χ4n) is 1.90. The lowest BCUT2D eigenvalue weighted by Gasteiger charge is -1.97. The molecule has 0 aliphatic carbocycles.